The number of fused-ring (bicyclic) bond motifs is 1. The van der Waals surface area contributed by atoms with E-state index >= 15 is 0 Å². The second-order valence-corrected chi connectivity index (χ2v) is 6.75. The van der Waals surface area contributed by atoms with Crippen molar-refractivity contribution in [3.05, 3.63) is 82.9 Å². The van der Waals surface area contributed by atoms with Crippen LogP contribution in [0.1, 0.15) is 17.3 Å². The first kappa shape index (κ1) is 18.2. The Morgan fingerprint density at radius 3 is 2.29 bits per heavy atom. The third-order valence-electron chi connectivity index (χ3n) is 4.37. The molecule has 0 atom stereocenters. The van der Waals surface area contributed by atoms with E-state index in [2.05, 4.69) is 9.97 Å². The molecule has 0 N–H and O–H groups in total. The van der Waals surface area contributed by atoms with Crippen molar-refractivity contribution in [3.63, 3.8) is 0 Å². The molecule has 0 amide bonds. The number of halogens is 3. The van der Waals surface area contributed by atoms with Gasteiger partial charge in [0.2, 0.25) is 0 Å². The lowest BCUT2D eigenvalue weighted by Gasteiger charge is -2.12. The second-order valence-electron chi connectivity index (χ2n) is 6.31. The average Bonchev–Trinajstić information content (AvgIpc) is 2.69. The first-order chi connectivity index (χ1) is 13.4. The molecule has 4 rings (SSSR count). The van der Waals surface area contributed by atoms with Crippen LogP contribution in [0.15, 0.2) is 60.7 Å². The van der Waals surface area contributed by atoms with Gasteiger partial charge in [-0.3, -0.25) is 4.79 Å². The van der Waals surface area contributed by atoms with Crippen molar-refractivity contribution in [3.8, 4) is 22.5 Å². The summed E-state index contributed by atoms with van der Waals surface area (Å²) >= 11 is 6.06. The van der Waals surface area contributed by atoms with Gasteiger partial charge in [-0.25, -0.2) is 18.7 Å². The molecule has 1 heterocycles. The maximum absolute atomic E-state index is 14.6. The summed E-state index contributed by atoms with van der Waals surface area (Å²) in [4.78, 5) is 20.9. The number of Topliss-reactive ketones (excluding diaryl/α,β-unsaturated/α-hetero) is 1. The third kappa shape index (κ3) is 3.37. The Balaban J connectivity index is 2.05. The maximum Gasteiger partial charge on any atom is 0.159 e. The number of hydrogen-bond donors (Lipinski definition) is 0. The van der Waals surface area contributed by atoms with Crippen molar-refractivity contribution in [1.82, 2.24) is 9.97 Å². The molecule has 3 aromatic carbocycles. The van der Waals surface area contributed by atoms with Gasteiger partial charge in [0, 0.05) is 21.7 Å². The van der Waals surface area contributed by atoms with E-state index in [-0.39, 0.29) is 22.9 Å². The molecular weight excluding hydrogens is 382 g/mol. The fourth-order valence-corrected chi connectivity index (χ4v) is 3.12. The zero-order valence-corrected chi connectivity index (χ0v) is 15.5. The van der Waals surface area contributed by atoms with E-state index in [1.807, 2.05) is 0 Å². The third-order valence-corrected chi connectivity index (χ3v) is 4.61. The SMILES string of the molecule is CC(=O)c1ccc2nc(-c3ccc(F)cc3)c(-c3cc(Cl)ccc3F)nc2c1. The van der Waals surface area contributed by atoms with E-state index in [1.54, 1.807) is 30.3 Å². The molecule has 0 saturated heterocycles. The summed E-state index contributed by atoms with van der Waals surface area (Å²) in [5, 5.41) is 0.348. The highest BCUT2D eigenvalue weighted by atomic mass is 35.5. The highest BCUT2D eigenvalue weighted by molar-refractivity contribution is 6.30. The molecule has 138 valence electrons. The summed E-state index contributed by atoms with van der Waals surface area (Å²) in [7, 11) is 0. The number of rotatable bonds is 3. The van der Waals surface area contributed by atoms with Gasteiger partial charge in [-0.05, 0) is 67.6 Å². The number of ketones is 1. The summed E-state index contributed by atoms with van der Waals surface area (Å²) in [5.41, 5.74) is 2.89. The zero-order chi connectivity index (χ0) is 19.8. The number of hydrogen-bond acceptors (Lipinski definition) is 3. The van der Waals surface area contributed by atoms with Crippen molar-refractivity contribution in [1.29, 1.82) is 0 Å². The van der Waals surface area contributed by atoms with Crippen LogP contribution in [0.3, 0.4) is 0 Å². The summed E-state index contributed by atoms with van der Waals surface area (Å²) in [6, 6.07) is 14.8. The van der Waals surface area contributed by atoms with Crippen LogP contribution in [0.5, 0.6) is 0 Å². The summed E-state index contributed by atoms with van der Waals surface area (Å²) < 4.78 is 28.0. The van der Waals surface area contributed by atoms with Gasteiger partial charge in [0.25, 0.3) is 0 Å². The monoisotopic (exact) mass is 394 g/mol. The van der Waals surface area contributed by atoms with Crippen LogP contribution in [0, 0.1) is 11.6 Å². The fourth-order valence-electron chi connectivity index (χ4n) is 2.95. The van der Waals surface area contributed by atoms with Crippen LogP contribution >= 0.6 is 11.6 Å². The van der Waals surface area contributed by atoms with Crippen LogP contribution in [0.25, 0.3) is 33.5 Å². The Morgan fingerprint density at radius 2 is 1.57 bits per heavy atom. The molecule has 4 aromatic rings. The smallest absolute Gasteiger partial charge is 0.159 e. The van der Waals surface area contributed by atoms with Crippen LogP contribution in [0.4, 0.5) is 8.78 Å². The molecular formula is C22H13ClF2N2O. The zero-order valence-electron chi connectivity index (χ0n) is 14.7. The lowest BCUT2D eigenvalue weighted by atomic mass is 10.0. The maximum atomic E-state index is 14.6. The summed E-state index contributed by atoms with van der Waals surface area (Å²) in [6.07, 6.45) is 0. The average molecular weight is 395 g/mol. The lowest BCUT2D eigenvalue weighted by molar-refractivity contribution is 0.101. The molecule has 1 aromatic heterocycles. The van der Waals surface area contributed by atoms with E-state index in [1.165, 1.54) is 37.3 Å². The minimum Gasteiger partial charge on any atom is -0.295 e. The Bertz CT molecular complexity index is 1220. The molecule has 0 unspecified atom stereocenters. The van der Waals surface area contributed by atoms with E-state index in [0.29, 0.717) is 32.9 Å². The standard InChI is InChI=1S/C22H13ClF2N2O/c1-12(28)14-4-9-19-20(10-14)27-22(17-11-15(23)5-8-18(17)25)21(26-19)13-2-6-16(24)7-3-13/h2-11H,1H3. The quantitative estimate of drug-likeness (QED) is 0.394. The number of benzene rings is 3. The Labute approximate surface area is 164 Å². The number of carbonyl (C=O) groups excluding carboxylic acids is 1. The van der Waals surface area contributed by atoms with Gasteiger partial charge in [-0.1, -0.05) is 11.6 Å². The van der Waals surface area contributed by atoms with E-state index in [9.17, 15) is 13.6 Å². The summed E-state index contributed by atoms with van der Waals surface area (Å²) in [5.74, 6) is -1.01. The van der Waals surface area contributed by atoms with Crippen LogP contribution in [-0.4, -0.2) is 15.8 Å². The van der Waals surface area contributed by atoms with Gasteiger partial charge in [0.1, 0.15) is 17.3 Å². The molecule has 0 saturated carbocycles. The predicted molar refractivity (Wildman–Crippen MR) is 105 cm³/mol. The first-order valence-corrected chi connectivity index (χ1v) is 8.84. The molecule has 0 radical (unpaired) electrons. The van der Waals surface area contributed by atoms with Gasteiger partial charge in [-0.15, -0.1) is 0 Å². The van der Waals surface area contributed by atoms with E-state index < -0.39 is 5.82 Å². The summed E-state index contributed by atoms with van der Waals surface area (Å²) in [6.45, 7) is 1.46. The van der Waals surface area contributed by atoms with Crippen LogP contribution in [-0.2, 0) is 0 Å². The van der Waals surface area contributed by atoms with Crippen molar-refractivity contribution >= 4 is 28.4 Å². The predicted octanol–water partition coefficient (Wildman–Crippen LogP) is 6.10. The van der Waals surface area contributed by atoms with Crippen LogP contribution < -0.4 is 0 Å². The van der Waals surface area contributed by atoms with Gasteiger partial charge in [-0.2, -0.15) is 0 Å². The molecule has 0 aliphatic rings. The van der Waals surface area contributed by atoms with Crippen molar-refractivity contribution in [2.75, 3.05) is 0 Å². The number of nitrogens with zero attached hydrogens (tertiary/aromatic N) is 2. The molecule has 0 aliphatic carbocycles. The molecule has 0 aliphatic heterocycles. The van der Waals surface area contributed by atoms with Crippen molar-refractivity contribution in [2.24, 2.45) is 0 Å². The largest absolute Gasteiger partial charge is 0.295 e. The Kier molecular flexibility index (Phi) is 4.61. The van der Waals surface area contributed by atoms with Crippen molar-refractivity contribution < 1.29 is 13.6 Å². The van der Waals surface area contributed by atoms with Crippen molar-refractivity contribution in [2.45, 2.75) is 6.92 Å². The van der Waals surface area contributed by atoms with Gasteiger partial charge in [0.15, 0.2) is 5.78 Å². The molecule has 6 heteroatoms. The normalized spacial score (nSPS) is 11.0. The first-order valence-electron chi connectivity index (χ1n) is 8.46. The molecule has 0 bridgehead atoms. The van der Waals surface area contributed by atoms with E-state index in [0.717, 1.165) is 0 Å². The topological polar surface area (TPSA) is 42.9 Å². The number of carbonyl (C=O) groups is 1. The molecule has 0 fully saturated rings. The van der Waals surface area contributed by atoms with Gasteiger partial charge >= 0.3 is 0 Å². The highest BCUT2D eigenvalue weighted by Gasteiger charge is 2.17. The Hall–Kier alpha value is -3.18. The van der Waals surface area contributed by atoms with E-state index in [4.69, 9.17) is 11.6 Å². The van der Waals surface area contributed by atoms with Crippen LogP contribution in [0.2, 0.25) is 5.02 Å². The molecule has 28 heavy (non-hydrogen) atoms. The fraction of sp³-hybridized carbons (Fsp3) is 0.0455. The number of aromatic nitrogens is 2. The lowest BCUT2D eigenvalue weighted by Crippen LogP contribution is -1.99. The van der Waals surface area contributed by atoms with Gasteiger partial charge in [0.05, 0.1) is 16.7 Å². The highest BCUT2D eigenvalue weighted by Crippen LogP contribution is 2.34. The Morgan fingerprint density at radius 1 is 0.857 bits per heavy atom. The second kappa shape index (κ2) is 7.09. The van der Waals surface area contributed by atoms with Gasteiger partial charge < -0.3 is 0 Å². The minimum absolute atomic E-state index is 0.109. The molecule has 3 nitrogen and oxygen atoms in total. The minimum atomic E-state index is -0.510. The molecule has 0 spiro atoms.